The summed E-state index contributed by atoms with van der Waals surface area (Å²) in [6, 6.07) is 18.9. The molecular formula is C19H24N3O2+. The lowest BCUT2D eigenvalue weighted by molar-refractivity contribution is -0.683. The molecule has 0 bridgehead atoms. The Morgan fingerprint density at radius 3 is 2.25 bits per heavy atom. The van der Waals surface area contributed by atoms with E-state index in [1.54, 1.807) is 0 Å². The maximum atomic E-state index is 12.4. The summed E-state index contributed by atoms with van der Waals surface area (Å²) in [6.07, 6.45) is 1.93. The Morgan fingerprint density at radius 2 is 1.62 bits per heavy atom. The van der Waals surface area contributed by atoms with E-state index in [1.165, 1.54) is 12.6 Å². The van der Waals surface area contributed by atoms with Gasteiger partial charge in [-0.05, 0) is 12.0 Å². The molecule has 0 spiro atoms. The summed E-state index contributed by atoms with van der Waals surface area (Å²) in [7, 11) is 1.49. The number of rotatable bonds is 7. The van der Waals surface area contributed by atoms with Gasteiger partial charge in [0, 0.05) is 19.0 Å². The fourth-order valence-corrected chi connectivity index (χ4v) is 2.54. The standard InChI is InChI=1S/C19H23N3O2/c1-20-19(24)22-18(23)17(16-12-6-3-7-13-16)21-14-8-11-15-9-4-2-5-10-15/h2-7,9-10,12-13,17,21H,8,11,14H2,1H3,(H2,20,22,23,24)/p+1/t17-/m0/s1. The highest BCUT2D eigenvalue weighted by molar-refractivity contribution is 5.96. The van der Waals surface area contributed by atoms with Gasteiger partial charge in [-0.2, -0.15) is 0 Å². The van der Waals surface area contributed by atoms with E-state index in [9.17, 15) is 9.59 Å². The minimum Gasteiger partial charge on any atom is -0.341 e. The molecule has 3 amide bonds. The van der Waals surface area contributed by atoms with Gasteiger partial charge < -0.3 is 10.6 Å². The highest BCUT2D eigenvalue weighted by Gasteiger charge is 2.24. The number of carbonyl (C=O) groups is 2. The van der Waals surface area contributed by atoms with E-state index in [0.29, 0.717) is 0 Å². The van der Waals surface area contributed by atoms with Crippen LogP contribution in [0.2, 0.25) is 0 Å². The Kier molecular flexibility index (Phi) is 6.98. The molecule has 0 aliphatic carbocycles. The summed E-state index contributed by atoms with van der Waals surface area (Å²) in [4.78, 5) is 23.8. The van der Waals surface area contributed by atoms with E-state index in [-0.39, 0.29) is 5.91 Å². The molecule has 1 atom stereocenters. The molecule has 2 rings (SSSR count). The van der Waals surface area contributed by atoms with E-state index in [4.69, 9.17) is 0 Å². The van der Waals surface area contributed by atoms with Gasteiger partial charge in [-0.15, -0.1) is 0 Å². The highest BCUT2D eigenvalue weighted by Crippen LogP contribution is 2.08. The van der Waals surface area contributed by atoms with Gasteiger partial charge in [0.1, 0.15) is 0 Å². The number of urea groups is 1. The van der Waals surface area contributed by atoms with E-state index in [2.05, 4.69) is 22.8 Å². The number of imide groups is 1. The highest BCUT2D eigenvalue weighted by atomic mass is 16.2. The van der Waals surface area contributed by atoms with Crippen LogP contribution in [0.5, 0.6) is 0 Å². The first-order valence-electron chi connectivity index (χ1n) is 8.15. The summed E-state index contributed by atoms with van der Waals surface area (Å²) >= 11 is 0. The monoisotopic (exact) mass is 326 g/mol. The fourth-order valence-electron chi connectivity index (χ4n) is 2.54. The topological polar surface area (TPSA) is 74.8 Å². The predicted octanol–water partition coefficient (Wildman–Crippen LogP) is 1.38. The molecular weight excluding hydrogens is 302 g/mol. The van der Waals surface area contributed by atoms with Crippen molar-refractivity contribution in [3.8, 4) is 0 Å². The molecule has 0 saturated heterocycles. The second kappa shape index (κ2) is 9.47. The van der Waals surface area contributed by atoms with Crippen molar-refractivity contribution in [2.45, 2.75) is 18.9 Å². The van der Waals surface area contributed by atoms with Crippen LogP contribution in [0.25, 0.3) is 0 Å². The van der Waals surface area contributed by atoms with E-state index >= 15 is 0 Å². The van der Waals surface area contributed by atoms with Gasteiger partial charge in [0.25, 0.3) is 5.91 Å². The molecule has 0 aliphatic heterocycles. The van der Waals surface area contributed by atoms with Crippen LogP contribution in [-0.4, -0.2) is 25.5 Å². The lowest BCUT2D eigenvalue weighted by Gasteiger charge is -2.15. The number of hydrogen-bond acceptors (Lipinski definition) is 2. The molecule has 0 unspecified atom stereocenters. The van der Waals surface area contributed by atoms with Crippen LogP contribution in [0.3, 0.4) is 0 Å². The minimum atomic E-state index is -0.487. The molecule has 126 valence electrons. The summed E-state index contributed by atoms with van der Waals surface area (Å²) < 4.78 is 0. The largest absolute Gasteiger partial charge is 0.341 e. The molecule has 24 heavy (non-hydrogen) atoms. The van der Waals surface area contributed by atoms with Crippen LogP contribution >= 0.6 is 0 Å². The van der Waals surface area contributed by atoms with Gasteiger partial charge in [-0.1, -0.05) is 60.7 Å². The molecule has 4 N–H and O–H groups in total. The van der Waals surface area contributed by atoms with Crippen molar-refractivity contribution in [3.63, 3.8) is 0 Å². The van der Waals surface area contributed by atoms with E-state index in [1.807, 2.05) is 53.8 Å². The first kappa shape index (κ1) is 17.7. The third-order valence-corrected chi connectivity index (χ3v) is 3.82. The first-order valence-corrected chi connectivity index (χ1v) is 8.15. The van der Waals surface area contributed by atoms with Crippen LogP contribution in [0, 0.1) is 0 Å². The maximum Gasteiger partial charge on any atom is 0.321 e. The molecule has 0 fully saturated rings. The number of aryl methyl sites for hydroxylation is 1. The molecule has 5 heteroatoms. The fraction of sp³-hybridized carbons (Fsp3) is 0.263. The number of nitrogens with one attached hydrogen (secondary N) is 2. The van der Waals surface area contributed by atoms with Crippen molar-refractivity contribution < 1.29 is 14.9 Å². The summed E-state index contributed by atoms with van der Waals surface area (Å²) in [5.41, 5.74) is 2.18. The Morgan fingerprint density at radius 1 is 1.00 bits per heavy atom. The van der Waals surface area contributed by atoms with Crippen LogP contribution in [0.15, 0.2) is 60.7 Å². The van der Waals surface area contributed by atoms with Crippen molar-refractivity contribution >= 4 is 11.9 Å². The third kappa shape index (κ3) is 5.52. The zero-order valence-corrected chi connectivity index (χ0v) is 13.9. The zero-order valence-electron chi connectivity index (χ0n) is 13.9. The predicted molar refractivity (Wildman–Crippen MR) is 93.3 cm³/mol. The number of quaternary nitrogens is 1. The molecule has 5 nitrogen and oxygen atoms in total. The Labute approximate surface area is 142 Å². The molecule has 0 heterocycles. The number of amides is 3. The first-order chi connectivity index (χ1) is 11.7. The molecule has 0 saturated carbocycles. The van der Waals surface area contributed by atoms with Crippen molar-refractivity contribution in [2.24, 2.45) is 0 Å². The molecule has 2 aromatic rings. The summed E-state index contributed by atoms with van der Waals surface area (Å²) in [5, 5.41) is 6.76. The van der Waals surface area contributed by atoms with Gasteiger partial charge >= 0.3 is 6.03 Å². The van der Waals surface area contributed by atoms with E-state index in [0.717, 1.165) is 24.9 Å². The van der Waals surface area contributed by atoms with Gasteiger partial charge in [0.15, 0.2) is 6.04 Å². The number of benzene rings is 2. The van der Waals surface area contributed by atoms with Crippen LogP contribution in [0.4, 0.5) is 4.79 Å². The van der Waals surface area contributed by atoms with Crippen LogP contribution < -0.4 is 16.0 Å². The second-order valence-corrected chi connectivity index (χ2v) is 5.57. The zero-order chi connectivity index (χ0) is 17.2. The normalized spacial score (nSPS) is 11.5. The van der Waals surface area contributed by atoms with Gasteiger partial charge in [-0.3, -0.25) is 10.1 Å². The smallest absolute Gasteiger partial charge is 0.321 e. The maximum absolute atomic E-state index is 12.4. The minimum absolute atomic E-state index is 0.305. The van der Waals surface area contributed by atoms with Crippen molar-refractivity contribution in [1.82, 2.24) is 10.6 Å². The average molecular weight is 326 g/mol. The van der Waals surface area contributed by atoms with Crippen molar-refractivity contribution in [1.29, 1.82) is 0 Å². The number of hydrogen-bond donors (Lipinski definition) is 3. The Hall–Kier alpha value is -2.66. The average Bonchev–Trinajstić information content (AvgIpc) is 2.63. The number of carbonyl (C=O) groups excluding carboxylic acids is 2. The molecule has 0 radical (unpaired) electrons. The lowest BCUT2D eigenvalue weighted by Crippen LogP contribution is -2.88. The van der Waals surface area contributed by atoms with Crippen molar-refractivity contribution in [2.75, 3.05) is 13.6 Å². The Bertz CT molecular complexity index is 644. The van der Waals surface area contributed by atoms with Gasteiger partial charge in [0.2, 0.25) is 0 Å². The second-order valence-electron chi connectivity index (χ2n) is 5.57. The molecule has 0 aromatic heterocycles. The molecule has 0 aliphatic rings. The summed E-state index contributed by atoms with van der Waals surface area (Å²) in [6.45, 7) is 0.801. The SMILES string of the molecule is CNC(=O)NC(=O)[C@@H]([NH2+]CCCc1ccccc1)c1ccccc1. The quantitative estimate of drug-likeness (QED) is 0.673. The van der Waals surface area contributed by atoms with Crippen molar-refractivity contribution in [3.05, 3.63) is 71.8 Å². The van der Waals surface area contributed by atoms with E-state index < -0.39 is 12.1 Å². The lowest BCUT2D eigenvalue weighted by atomic mass is 10.1. The van der Waals surface area contributed by atoms with Crippen LogP contribution in [0.1, 0.15) is 23.6 Å². The van der Waals surface area contributed by atoms with Gasteiger partial charge in [-0.25, -0.2) is 4.79 Å². The Balaban J connectivity index is 1.93. The summed E-state index contributed by atoms with van der Waals surface area (Å²) in [5.74, 6) is -0.305. The molecule has 2 aromatic carbocycles. The number of nitrogens with two attached hydrogens (primary N) is 1. The third-order valence-electron chi connectivity index (χ3n) is 3.82. The van der Waals surface area contributed by atoms with Crippen LogP contribution in [-0.2, 0) is 11.2 Å². The van der Waals surface area contributed by atoms with Gasteiger partial charge in [0.05, 0.1) is 6.54 Å².